The van der Waals surface area contributed by atoms with E-state index >= 15 is 0 Å². The molecule has 1 aliphatic rings. The minimum absolute atomic E-state index is 0.0910. The summed E-state index contributed by atoms with van der Waals surface area (Å²) >= 11 is 0. The van der Waals surface area contributed by atoms with Crippen LogP contribution in [0.5, 0.6) is 5.75 Å². The standard InChI is InChI=1S/C26H29N5O4/c1-5-35-23-14-17(25(32)27-12-13-34-4)10-11-19(23)29-24-15-21-22(16-28-24)31(3)26(33)18-8-6-7-9-20(18)30(21)2/h6-11,14-16H,5,12-13H2,1-4H3,(H,27,32)(H,28,29). The molecule has 0 unspecified atom stereocenters. The molecule has 2 amide bonds. The van der Waals surface area contributed by atoms with E-state index in [4.69, 9.17) is 9.47 Å². The number of ether oxygens (including phenoxy) is 2. The van der Waals surface area contributed by atoms with Crippen LogP contribution in [0.15, 0.2) is 54.7 Å². The third-order valence-electron chi connectivity index (χ3n) is 5.78. The van der Waals surface area contributed by atoms with Gasteiger partial charge >= 0.3 is 0 Å². The molecule has 0 fully saturated rings. The number of pyridine rings is 1. The monoisotopic (exact) mass is 475 g/mol. The normalized spacial score (nSPS) is 12.5. The van der Waals surface area contributed by atoms with Crippen molar-refractivity contribution in [2.24, 2.45) is 0 Å². The molecule has 35 heavy (non-hydrogen) atoms. The van der Waals surface area contributed by atoms with Crippen molar-refractivity contribution in [3.05, 3.63) is 65.9 Å². The third kappa shape index (κ3) is 4.90. The minimum Gasteiger partial charge on any atom is -0.492 e. The summed E-state index contributed by atoms with van der Waals surface area (Å²) in [7, 11) is 5.26. The van der Waals surface area contributed by atoms with Crippen LogP contribution in [-0.2, 0) is 4.74 Å². The van der Waals surface area contributed by atoms with Gasteiger partial charge in [-0.2, -0.15) is 0 Å². The molecule has 0 saturated heterocycles. The zero-order chi connectivity index (χ0) is 24.9. The Morgan fingerprint density at radius 2 is 1.83 bits per heavy atom. The number of benzene rings is 2. The Labute approximate surface area is 204 Å². The van der Waals surface area contributed by atoms with E-state index in [-0.39, 0.29) is 11.8 Å². The lowest BCUT2D eigenvalue weighted by Crippen LogP contribution is -2.26. The highest BCUT2D eigenvalue weighted by molar-refractivity contribution is 6.13. The molecule has 0 spiro atoms. The lowest BCUT2D eigenvalue weighted by Gasteiger charge is -2.23. The highest BCUT2D eigenvalue weighted by Gasteiger charge is 2.27. The van der Waals surface area contributed by atoms with Crippen molar-refractivity contribution in [2.75, 3.05) is 56.1 Å². The number of amides is 2. The number of fused-ring (bicyclic) bond motifs is 2. The fourth-order valence-electron chi connectivity index (χ4n) is 3.95. The lowest BCUT2D eigenvalue weighted by molar-refractivity contribution is 0.0935. The van der Waals surface area contributed by atoms with Crippen LogP contribution in [0.1, 0.15) is 27.6 Å². The Morgan fingerprint density at radius 3 is 2.60 bits per heavy atom. The van der Waals surface area contributed by atoms with E-state index in [9.17, 15) is 9.59 Å². The van der Waals surface area contributed by atoms with Crippen LogP contribution in [0, 0.1) is 0 Å². The maximum absolute atomic E-state index is 13.0. The Balaban J connectivity index is 1.64. The van der Waals surface area contributed by atoms with Gasteiger partial charge in [0, 0.05) is 39.4 Å². The van der Waals surface area contributed by atoms with Crippen molar-refractivity contribution in [1.29, 1.82) is 0 Å². The summed E-state index contributed by atoms with van der Waals surface area (Å²) in [5, 5.41) is 6.11. The van der Waals surface area contributed by atoms with Crippen molar-refractivity contribution in [3.63, 3.8) is 0 Å². The Kier molecular flexibility index (Phi) is 7.17. The smallest absolute Gasteiger partial charge is 0.260 e. The molecule has 2 N–H and O–H groups in total. The van der Waals surface area contributed by atoms with Gasteiger partial charge in [-0.3, -0.25) is 9.59 Å². The van der Waals surface area contributed by atoms with Crippen molar-refractivity contribution < 1.29 is 19.1 Å². The van der Waals surface area contributed by atoms with E-state index in [1.54, 1.807) is 43.5 Å². The van der Waals surface area contributed by atoms with Crippen LogP contribution >= 0.6 is 0 Å². The molecular weight excluding hydrogens is 446 g/mol. The number of nitrogens with one attached hydrogen (secondary N) is 2. The van der Waals surface area contributed by atoms with Gasteiger partial charge in [-0.05, 0) is 37.3 Å². The molecule has 4 rings (SSSR count). The lowest BCUT2D eigenvalue weighted by atomic mass is 10.1. The summed E-state index contributed by atoms with van der Waals surface area (Å²) in [6, 6.07) is 14.6. The summed E-state index contributed by atoms with van der Waals surface area (Å²) in [6.07, 6.45) is 1.68. The van der Waals surface area contributed by atoms with Gasteiger partial charge in [-0.15, -0.1) is 0 Å². The van der Waals surface area contributed by atoms with Gasteiger partial charge < -0.3 is 29.9 Å². The molecule has 9 nitrogen and oxygen atoms in total. The number of para-hydroxylation sites is 1. The molecule has 3 aromatic rings. The first-order valence-corrected chi connectivity index (χ1v) is 11.4. The van der Waals surface area contributed by atoms with E-state index in [0.717, 1.165) is 11.4 Å². The van der Waals surface area contributed by atoms with Crippen LogP contribution in [0.4, 0.5) is 28.6 Å². The fraction of sp³-hybridized carbons (Fsp3) is 0.269. The second kappa shape index (κ2) is 10.4. The van der Waals surface area contributed by atoms with Gasteiger partial charge in [0.2, 0.25) is 0 Å². The largest absolute Gasteiger partial charge is 0.492 e. The first kappa shape index (κ1) is 24.0. The van der Waals surface area contributed by atoms with E-state index in [1.807, 2.05) is 49.2 Å². The fourth-order valence-corrected chi connectivity index (χ4v) is 3.95. The van der Waals surface area contributed by atoms with Crippen LogP contribution in [0.25, 0.3) is 0 Å². The first-order chi connectivity index (χ1) is 16.9. The predicted molar refractivity (Wildman–Crippen MR) is 137 cm³/mol. The van der Waals surface area contributed by atoms with Gasteiger partial charge in [-0.25, -0.2) is 4.98 Å². The van der Waals surface area contributed by atoms with Gasteiger partial charge in [0.25, 0.3) is 11.8 Å². The predicted octanol–water partition coefficient (Wildman–Crippen LogP) is 3.96. The average molecular weight is 476 g/mol. The van der Waals surface area contributed by atoms with E-state index in [1.165, 1.54) is 0 Å². The number of hydrogen-bond donors (Lipinski definition) is 2. The second-order valence-electron chi connectivity index (χ2n) is 8.02. The number of aromatic nitrogens is 1. The molecule has 1 aromatic heterocycles. The average Bonchev–Trinajstić information content (AvgIpc) is 2.95. The molecule has 2 aromatic carbocycles. The number of carbonyl (C=O) groups is 2. The number of nitrogens with zero attached hydrogens (tertiary/aromatic N) is 3. The van der Waals surface area contributed by atoms with Crippen molar-refractivity contribution in [3.8, 4) is 5.75 Å². The van der Waals surface area contributed by atoms with E-state index in [0.29, 0.717) is 53.8 Å². The quantitative estimate of drug-likeness (QED) is 0.476. The molecular formula is C26H29N5O4. The Morgan fingerprint density at radius 1 is 1.03 bits per heavy atom. The number of rotatable bonds is 8. The van der Waals surface area contributed by atoms with Gasteiger partial charge in [0.15, 0.2) is 0 Å². The highest BCUT2D eigenvalue weighted by atomic mass is 16.5. The van der Waals surface area contributed by atoms with E-state index in [2.05, 4.69) is 15.6 Å². The van der Waals surface area contributed by atoms with Crippen LogP contribution in [-0.4, -0.2) is 57.8 Å². The number of carbonyl (C=O) groups excluding carboxylic acids is 2. The SMILES string of the molecule is CCOc1cc(C(=O)NCCOC)ccc1Nc1cc2c(cn1)N(C)C(=O)c1ccccc1N2C. The summed E-state index contributed by atoms with van der Waals surface area (Å²) in [4.78, 5) is 33.6. The van der Waals surface area contributed by atoms with Gasteiger partial charge in [0.1, 0.15) is 11.6 Å². The second-order valence-corrected chi connectivity index (χ2v) is 8.02. The van der Waals surface area contributed by atoms with Crippen molar-refractivity contribution in [1.82, 2.24) is 10.3 Å². The van der Waals surface area contributed by atoms with Crippen LogP contribution in [0.2, 0.25) is 0 Å². The van der Waals surface area contributed by atoms with Gasteiger partial charge in [-0.1, -0.05) is 12.1 Å². The van der Waals surface area contributed by atoms with Crippen LogP contribution < -0.4 is 25.2 Å². The molecule has 0 radical (unpaired) electrons. The van der Waals surface area contributed by atoms with E-state index < -0.39 is 0 Å². The van der Waals surface area contributed by atoms with Crippen LogP contribution in [0.3, 0.4) is 0 Å². The Hall–Kier alpha value is -4.11. The van der Waals surface area contributed by atoms with Crippen molar-refractivity contribution in [2.45, 2.75) is 6.92 Å². The minimum atomic E-state index is -0.203. The molecule has 1 aliphatic heterocycles. The zero-order valence-corrected chi connectivity index (χ0v) is 20.3. The first-order valence-electron chi connectivity index (χ1n) is 11.4. The molecule has 0 saturated carbocycles. The summed E-state index contributed by atoms with van der Waals surface area (Å²) in [6.45, 7) is 3.18. The molecule has 2 heterocycles. The molecule has 182 valence electrons. The zero-order valence-electron chi connectivity index (χ0n) is 20.3. The summed E-state index contributed by atoms with van der Waals surface area (Å²) in [5.41, 5.74) is 4.14. The third-order valence-corrected chi connectivity index (χ3v) is 5.78. The number of methoxy groups -OCH3 is 1. The molecule has 0 bridgehead atoms. The Bertz CT molecular complexity index is 1250. The number of anilines is 5. The summed E-state index contributed by atoms with van der Waals surface area (Å²) < 4.78 is 10.8. The van der Waals surface area contributed by atoms with Crippen molar-refractivity contribution >= 4 is 40.4 Å². The summed E-state index contributed by atoms with van der Waals surface area (Å²) in [5.74, 6) is 0.820. The molecule has 9 heteroatoms. The number of hydrogen-bond acceptors (Lipinski definition) is 7. The molecule has 0 atom stereocenters. The highest BCUT2D eigenvalue weighted by Crippen LogP contribution is 2.40. The topological polar surface area (TPSA) is 96.0 Å². The maximum atomic E-state index is 13.0. The molecule has 0 aliphatic carbocycles. The maximum Gasteiger partial charge on any atom is 0.260 e. The van der Waals surface area contributed by atoms with Gasteiger partial charge in [0.05, 0.1) is 47.7 Å².